The maximum Gasteiger partial charge on any atom is 0.237 e. The van der Waals surface area contributed by atoms with E-state index in [-0.39, 0.29) is 11.9 Å². The summed E-state index contributed by atoms with van der Waals surface area (Å²) in [4.78, 5) is 15.1. The monoisotopic (exact) mass is 356 g/mol. The van der Waals surface area contributed by atoms with Crippen molar-refractivity contribution in [3.63, 3.8) is 0 Å². The van der Waals surface area contributed by atoms with E-state index < -0.39 is 0 Å². The van der Waals surface area contributed by atoms with Gasteiger partial charge in [-0.1, -0.05) is 26.7 Å². The van der Waals surface area contributed by atoms with Crippen molar-refractivity contribution in [3.05, 3.63) is 0 Å². The second-order valence-electron chi connectivity index (χ2n) is 7.12. The number of hydrogen-bond donors (Lipinski definition) is 1. The van der Waals surface area contributed by atoms with Gasteiger partial charge in [0.2, 0.25) is 5.91 Å². The summed E-state index contributed by atoms with van der Waals surface area (Å²) in [6, 6.07) is -0.0320. The van der Waals surface area contributed by atoms with E-state index in [2.05, 4.69) is 24.1 Å². The smallest absolute Gasteiger partial charge is 0.237 e. The summed E-state index contributed by atoms with van der Waals surface area (Å²) >= 11 is 0. The van der Waals surface area contributed by atoms with E-state index in [9.17, 15) is 4.79 Å². The highest BCUT2D eigenvalue weighted by atomic mass is 16.5. The number of morpholine rings is 1. The molecular weight excluding hydrogens is 320 g/mol. The standard InChI is InChI=1S/C19H36N2O4/c1-3-17(4-2)18(21-8-12-23-13-9-21)19(22)20-7-5-10-24-14-16-6-11-25-15-16/h16-18H,3-15H2,1-2H3,(H,20,22)/t16-,18-/m1/s1. The van der Waals surface area contributed by atoms with Crippen LogP contribution < -0.4 is 5.32 Å². The lowest BCUT2D eigenvalue weighted by atomic mass is 9.91. The van der Waals surface area contributed by atoms with Crippen molar-refractivity contribution in [1.29, 1.82) is 0 Å². The zero-order valence-corrected chi connectivity index (χ0v) is 16.0. The van der Waals surface area contributed by atoms with Gasteiger partial charge in [0.15, 0.2) is 0 Å². The molecule has 1 N–H and O–H groups in total. The van der Waals surface area contributed by atoms with Gasteiger partial charge >= 0.3 is 0 Å². The number of carbonyl (C=O) groups is 1. The van der Waals surface area contributed by atoms with Crippen LogP contribution in [-0.4, -0.2) is 76.1 Å². The lowest BCUT2D eigenvalue weighted by Gasteiger charge is -2.37. The molecule has 146 valence electrons. The molecule has 0 saturated carbocycles. The molecular formula is C19H36N2O4. The van der Waals surface area contributed by atoms with Gasteiger partial charge < -0.3 is 19.5 Å². The van der Waals surface area contributed by atoms with Crippen LogP contribution >= 0.6 is 0 Å². The second kappa shape index (κ2) is 11.8. The lowest BCUT2D eigenvalue weighted by molar-refractivity contribution is -0.130. The van der Waals surface area contributed by atoms with Crippen molar-refractivity contribution in [2.75, 3.05) is 59.3 Å². The van der Waals surface area contributed by atoms with Gasteiger partial charge in [0, 0.05) is 38.8 Å². The SMILES string of the molecule is CCC(CC)[C@H](C(=O)NCCCOC[C@H]1CCOC1)N1CCOCC1. The van der Waals surface area contributed by atoms with Crippen LogP contribution in [0, 0.1) is 11.8 Å². The van der Waals surface area contributed by atoms with E-state index in [0.717, 1.165) is 71.8 Å². The largest absolute Gasteiger partial charge is 0.381 e. The molecule has 2 atom stereocenters. The van der Waals surface area contributed by atoms with Crippen molar-refractivity contribution < 1.29 is 19.0 Å². The Kier molecular flexibility index (Phi) is 9.76. The summed E-state index contributed by atoms with van der Waals surface area (Å²) in [6.45, 7) is 11.3. The van der Waals surface area contributed by atoms with Crippen LogP contribution in [-0.2, 0) is 19.0 Å². The molecule has 0 aromatic carbocycles. The lowest BCUT2D eigenvalue weighted by Crippen LogP contribution is -2.54. The highest BCUT2D eigenvalue weighted by molar-refractivity contribution is 5.82. The number of nitrogens with zero attached hydrogens (tertiary/aromatic N) is 1. The van der Waals surface area contributed by atoms with Crippen LogP contribution in [0.2, 0.25) is 0 Å². The maximum absolute atomic E-state index is 12.8. The Bertz CT molecular complexity index is 364. The maximum atomic E-state index is 12.8. The fourth-order valence-corrected chi connectivity index (χ4v) is 3.72. The summed E-state index contributed by atoms with van der Waals surface area (Å²) in [6.07, 6.45) is 4.02. The summed E-state index contributed by atoms with van der Waals surface area (Å²) in [5, 5.41) is 3.13. The first-order chi connectivity index (χ1) is 12.3. The van der Waals surface area contributed by atoms with E-state index in [0.29, 0.717) is 25.0 Å². The van der Waals surface area contributed by atoms with Crippen LogP contribution in [0.1, 0.15) is 39.5 Å². The van der Waals surface area contributed by atoms with Crippen LogP contribution in [0.5, 0.6) is 0 Å². The van der Waals surface area contributed by atoms with Gasteiger partial charge in [-0.2, -0.15) is 0 Å². The van der Waals surface area contributed by atoms with Crippen molar-refractivity contribution in [2.24, 2.45) is 11.8 Å². The fraction of sp³-hybridized carbons (Fsp3) is 0.947. The first kappa shape index (κ1) is 20.6. The van der Waals surface area contributed by atoms with E-state index in [1.165, 1.54) is 0 Å². The van der Waals surface area contributed by atoms with Crippen LogP contribution in [0.3, 0.4) is 0 Å². The van der Waals surface area contributed by atoms with Gasteiger partial charge in [-0.15, -0.1) is 0 Å². The number of nitrogens with one attached hydrogen (secondary N) is 1. The molecule has 0 spiro atoms. The third kappa shape index (κ3) is 6.85. The molecule has 2 fully saturated rings. The van der Waals surface area contributed by atoms with Gasteiger partial charge in [0.05, 0.1) is 32.5 Å². The minimum absolute atomic E-state index is 0.0320. The predicted octanol–water partition coefficient (Wildman–Crippen LogP) is 1.68. The molecule has 2 aliphatic heterocycles. The normalized spacial score (nSPS) is 23.1. The third-order valence-corrected chi connectivity index (χ3v) is 5.35. The van der Waals surface area contributed by atoms with Gasteiger partial charge in [-0.3, -0.25) is 9.69 Å². The van der Waals surface area contributed by atoms with Crippen molar-refractivity contribution in [2.45, 2.75) is 45.6 Å². The van der Waals surface area contributed by atoms with Gasteiger partial charge in [-0.25, -0.2) is 0 Å². The first-order valence-corrected chi connectivity index (χ1v) is 10.0. The highest BCUT2D eigenvalue weighted by Crippen LogP contribution is 2.20. The Labute approximate surface area is 152 Å². The average molecular weight is 357 g/mol. The van der Waals surface area contributed by atoms with E-state index in [1.54, 1.807) is 0 Å². The van der Waals surface area contributed by atoms with Crippen LogP contribution in [0.4, 0.5) is 0 Å². The summed E-state index contributed by atoms with van der Waals surface area (Å²) in [5.41, 5.74) is 0. The molecule has 0 radical (unpaired) electrons. The topological polar surface area (TPSA) is 60.0 Å². The molecule has 0 aromatic rings. The first-order valence-electron chi connectivity index (χ1n) is 10.0. The summed E-state index contributed by atoms with van der Waals surface area (Å²) in [5.74, 6) is 1.12. The minimum atomic E-state index is -0.0320. The van der Waals surface area contributed by atoms with E-state index in [4.69, 9.17) is 14.2 Å². The molecule has 6 nitrogen and oxygen atoms in total. The molecule has 2 heterocycles. The number of hydrogen-bond acceptors (Lipinski definition) is 5. The number of carbonyl (C=O) groups excluding carboxylic acids is 1. The predicted molar refractivity (Wildman–Crippen MR) is 97.6 cm³/mol. The molecule has 2 aliphatic rings. The quantitative estimate of drug-likeness (QED) is 0.571. The number of amides is 1. The zero-order valence-electron chi connectivity index (χ0n) is 16.0. The Balaban J connectivity index is 1.68. The molecule has 0 aromatic heterocycles. The Hall–Kier alpha value is -0.690. The van der Waals surface area contributed by atoms with E-state index in [1.807, 2.05) is 0 Å². The number of rotatable bonds is 11. The fourth-order valence-electron chi connectivity index (χ4n) is 3.72. The minimum Gasteiger partial charge on any atom is -0.381 e. The Morgan fingerprint density at radius 1 is 1.20 bits per heavy atom. The number of ether oxygens (including phenoxy) is 3. The average Bonchev–Trinajstić information content (AvgIpc) is 3.16. The van der Waals surface area contributed by atoms with Crippen molar-refractivity contribution in [3.8, 4) is 0 Å². The summed E-state index contributed by atoms with van der Waals surface area (Å²) < 4.78 is 16.5. The zero-order chi connectivity index (χ0) is 17.9. The van der Waals surface area contributed by atoms with Gasteiger partial charge in [0.25, 0.3) is 0 Å². The molecule has 2 rings (SSSR count). The highest BCUT2D eigenvalue weighted by Gasteiger charge is 2.32. The Morgan fingerprint density at radius 3 is 2.60 bits per heavy atom. The van der Waals surface area contributed by atoms with Crippen molar-refractivity contribution in [1.82, 2.24) is 10.2 Å². The molecule has 0 unspecified atom stereocenters. The van der Waals surface area contributed by atoms with Gasteiger partial charge in [0.1, 0.15) is 0 Å². The van der Waals surface area contributed by atoms with Crippen LogP contribution in [0.25, 0.3) is 0 Å². The third-order valence-electron chi connectivity index (χ3n) is 5.35. The molecule has 6 heteroatoms. The van der Waals surface area contributed by atoms with Gasteiger partial charge in [-0.05, 0) is 18.8 Å². The van der Waals surface area contributed by atoms with Crippen LogP contribution in [0.15, 0.2) is 0 Å². The summed E-state index contributed by atoms with van der Waals surface area (Å²) in [7, 11) is 0. The second-order valence-corrected chi connectivity index (χ2v) is 7.12. The molecule has 1 amide bonds. The molecule has 25 heavy (non-hydrogen) atoms. The van der Waals surface area contributed by atoms with E-state index >= 15 is 0 Å². The molecule has 2 saturated heterocycles. The molecule has 0 aliphatic carbocycles. The molecule has 0 bridgehead atoms. The Morgan fingerprint density at radius 2 is 1.96 bits per heavy atom. The van der Waals surface area contributed by atoms with Crippen molar-refractivity contribution >= 4 is 5.91 Å².